The average molecular weight is 519 g/mol. The van der Waals surface area contributed by atoms with Crippen LogP contribution in [0.25, 0.3) is 0 Å². The first kappa shape index (κ1) is 32.4. The normalized spacial score (nSPS) is 23.9. The molecule has 0 aromatic rings. The molecule has 1 rings (SSSR count). The van der Waals surface area contributed by atoms with E-state index >= 15 is 0 Å². The van der Waals surface area contributed by atoms with Gasteiger partial charge in [0.25, 0.3) is 0 Å². The van der Waals surface area contributed by atoms with Crippen molar-refractivity contribution in [3.8, 4) is 0 Å². The van der Waals surface area contributed by atoms with Crippen LogP contribution < -0.4 is 11.1 Å². The highest BCUT2D eigenvalue weighted by molar-refractivity contribution is 5.78. The quantitative estimate of drug-likeness (QED) is 0.178. The van der Waals surface area contributed by atoms with E-state index in [9.17, 15) is 14.4 Å². The molecule has 0 saturated carbocycles. The minimum absolute atomic E-state index is 0.0568. The van der Waals surface area contributed by atoms with Gasteiger partial charge in [0.05, 0.1) is 51.8 Å². The number of esters is 1. The van der Waals surface area contributed by atoms with E-state index in [-0.39, 0.29) is 54.9 Å². The maximum Gasteiger partial charge on any atom is 0.302 e. The van der Waals surface area contributed by atoms with E-state index in [1.54, 1.807) is 0 Å². The van der Waals surface area contributed by atoms with Crippen molar-refractivity contribution < 1.29 is 42.8 Å². The zero-order chi connectivity index (χ0) is 26.8. The zero-order valence-corrected chi connectivity index (χ0v) is 22.3. The fourth-order valence-corrected chi connectivity index (χ4v) is 3.82. The molecular formula is C25H46N2O9. The number of ketones is 1. The Balaban J connectivity index is 2.16. The molecule has 36 heavy (non-hydrogen) atoms. The largest absolute Gasteiger partial charge is 0.463 e. The number of carbonyl (C=O) groups excluding carboxylic acids is 3. The second-order valence-electron chi connectivity index (χ2n) is 9.03. The number of nitrogens with one attached hydrogen (secondary N) is 1. The number of rotatable bonds is 20. The third-order valence-corrected chi connectivity index (χ3v) is 6.06. The van der Waals surface area contributed by atoms with Gasteiger partial charge < -0.3 is 39.5 Å². The Labute approximate surface area is 215 Å². The van der Waals surface area contributed by atoms with E-state index in [0.29, 0.717) is 65.4 Å². The molecule has 1 heterocycles. The first-order valence-electron chi connectivity index (χ1n) is 12.9. The molecule has 0 aromatic heterocycles. The summed E-state index contributed by atoms with van der Waals surface area (Å²) in [4.78, 5) is 34.4. The molecule has 1 fully saturated rings. The van der Waals surface area contributed by atoms with Crippen molar-refractivity contribution in [3.63, 3.8) is 0 Å². The van der Waals surface area contributed by atoms with E-state index in [1.807, 2.05) is 13.8 Å². The van der Waals surface area contributed by atoms with Crippen LogP contribution in [0.2, 0.25) is 0 Å². The molecule has 1 amide bonds. The third-order valence-electron chi connectivity index (χ3n) is 6.06. The summed E-state index contributed by atoms with van der Waals surface area (Å²) in [5, 5.41) is 2.91. The second-order valence-corrected chi connectivity index (χ2v) is 9.03. The van der Waals surface area contributed by atoms with Crippen LogP contribution in [0.1, 0.15) is 53.4 Å². The van der Waals surface area contributed by atoms with Gasteiger partial charge in [-0.25, -0.2) is 0 Å². The minimum Gasteiger partial charge on any atom is -0.463 e. The van der Waals surface area contributed by atoms with E-state index in [0.717, 1.165) is 6.42 Å². The predicted molar refractivity (Wildman–Crippen MR) is 132 cm³/mol. The van der Waals surface area contributed by atoms with E-state index in [1.165, 1.54) is 13.8 Å². The fourth-order valence-electron chi connectivity index (χ4n) is 3.82. The van der Waals surface area contributed by atoms with Gasteiger partial charge in [-0.2, -0.15) is 0 Å². The van der Waals surface area contributed by atoms with Gasteiger partial charge in [-0.3, -0.25) is 14.4 Å². The molecule has 0 bridgehead atoms. The molecule has 11 nitrogen and oxygen atoms in total. The van der Waals surface area contributed by atoms with Crippen LogP contribution in [0, 0.1) is 11.8 Å². The van der Waals surface area contributed by atoms with E-state index in [2.05, 4.69) is 5.32 Å². The Hall–Kier alpha value is -1.63. The summed E-state index contributed by atoms with van der Waals surface area (Å²) in [7, 11) is 0. The van der Waals surface area contributed by atoms with Crippen LogP contribution in [0.3, 0.4) is 0 Å². The number of amides is 1. The highest BCUT2D eigenvalue weighted by atomic mass is 16.7. The molecule has 1 aliphatic heterocycles. The van der Waals surface area contributed by atoms with E-state index < -0.39 is 6.29 Å². The first-order chi connectivity index (χ1) is 17.3. The smallest absolute Gasteiger partial charge is 0.302 e. The van der Waals surface area contributed by atoms with Crippen LogP contribution in [-0.4, -0.2) is 95.5 Å². The molecule has 1 saturated heterocycles. The summed E-state index contributed by atoms with van der Waals surface area (Å²) in [6, 6.07) is -0.321. The molecule has 210 valence electrons. The van der Waals surface area contributed by atoms with Gasteiger partial charge in [-0.05, 0) is 31.2 Å². The summed E-state index contributed by atoms with van der Waals surface area (Å²) in [5.41, 5.74) is 5.39. The second kappa shape index (κ2) is 19.5. The first-order valence-corrected chi connectivity index (χ1v) is 12.9. The molecule has 11 heteroatoms. The Morgan fingerprint density at radius 1 is 0.833 bits per heavy atom. The number of Topliss-reactive ketones (excluding diaryl/α,β-unsaturated/α-hetero) is 1. The van der Waals surface area contributed by atoms with Gasteiger partial charge in [0.2, 0.25) is 5.91 Å². The van der Waals surface area contributed by atoms with Crippen molar-refractivity contribution in [1.29, 1.82) is 0 Å². The lowest BCUT2D eigenvalue weighted by Crippen LogP contribution is -2.58. The van der Waals surface area contributed by atoms with Crippen molar-refractivity contribution in [1.82, 2.24) is 5.32 Å². The Kier molecular flexibility index (Phi) is 17.5. The van der Waals surface area contributed by atoms with Crippen molar-refractivity contribution in [3.05, 3.63) is 0 Å². The molecule has 0 aliphatic carbocycles. The van der Waals surface area contributed by atoms with Crippen molar-refractivity contribution in [2.45, 2.75) is 71.8 Å². The highest BCUT2D eigenvalue weighted by Gasteiger charge is 2.42. The van der Waals surface area contributed by atoms with Crippen LogP contribution in [0.4, 0.5) is 0 Å². The van der Waals surface area contributed by atoms with Gasteiger partial charge >= 0.3 is 5.97 Å². The van der Waals surface area contributed by atoms with Gasteiger partial charge in [0, 0.05) is 33.3 Å². The van der Waals surface area contributed by atoms with E-state index in [4.69, 9.17) is 34.2 Å². The van der Waals surface area contributed by atoms with Crippen molar-refractivity contribution in [2.24, 2.45) is 17.6 Å². The van der Waals surface area contributed by atoms with Crippen LogP contribution in [0.5, 0.6) is 0 Å². The summed E-state index contributed by atoms with van der Waals surface area (Å²) in [5.74, 6) is -0.188. The highest BCUT2D eigenvalue weighted by Crippen LogP contribution is 2.31. The number of ether oxygens (including phenoxy) is 6. The molecule has 0 radical (unpaired) electrons. The van der Waals surface area contributed by atoms with Crippen LogP contribution in [-0.2, 0) is 42.8 Å². The Morgan fingerprint density at radius 2 is 1.42 bits per heavy atom. The zero-order valence-electron chi connectivity index (χ0n) is 22.3. The monoisotopic (exact) mass is 518 g/mol. The Bertz CT molecular complexity index is 633. The summed E-state index contributed by atoms with van der Waals surface area (Å²) in [6.45, 7) is 10.4. The number of hydrogen-bond donors (Lipinski definition) is 2. The summed E-state index contributed by atoms with van der Waals surface area (Å²) < 4.78 is 33.5. The molecule has 5 atom stereocenters. The molecule has 3 N–H and O–H groups in total. The number of hydrogen-bond acceptors (Lipinski definition) is 10. The summed E-state index contributed by atoms with van der Waals surface area (Å²) >= 11 is 0. The maximum absolute atomic E-state index is 11.7. The molecule has 0 spiro atoms. The molecular weight excluding hydrogens is 472 g/mol. The molecule has 1 aliphatic rings. The minimum atomic E-state index is -0.673. The van der Waals surface area contributed by atoms with Crippen LogP contribution in [0.15, 0.2) is 0 Å². The molecule has 5 unspecified atom stereocenters. The maximum atomic E-state index is 11.7. The topological polar surface area (TPSA) is 145 Å². The SMILES string of the molecule is CC(=O)NC1C(OCCOCCOCCOCCCC(=O)CCCN)OC(COC(C)=O)C(C)C1C. The fraction of sp³-hybridized carbons (Fsp3) is 0.880. The van der Waals surface area contributed by atoms with Crippen molar-refractivity contribution >= 4 is 17.7 Å². The number of nitrogens with two attached hydrogens (primary N) is 1. The van der Waals surface area contributed by atoms with Gasteiger partial charge in [-0.1, -0.05) is 13.8 Å². The van der Waals surface area contributed by atoms with Crippen LogP contribution >= 0.6 is 0 Å². The number of carbonyl (C=O) groups is 3. The predicted octanol–water partition coefficient (Wildman–Crippen LogP) is 1.21. The summed E-state index contributed by atoms with van der Waals surface area (Å²) in [6.07, 6.45) is 1.52. The lowest BCUT2D eigenvalue weighted by Gasteiger charge is -2.44. The standard InChI is InChI=1S/C25H46N2O9/c1-18-19(2)24(27-20(3)28)25(36-23(18)17-35-21(4)29)34-16-15-33-14-13-32-12-11-31-10-6-8-22(30)7-5-9-26/h18-19,23-25H,5-17,26H2,1-4H3,(H,27,28). The van der Waals surface area contributed by atoms with Gasteiger partial charge in [0.15, 0.2) is 6.29 Å². The van der Waals surface area contributed by atoms with Gasteiger partial charge in [0.1, 0.15) is 12.4 Å². The van der Waals surface area contributed by atoms with Gasteiger partial charge in [-0.15, -0.1) is 0 Å². The lowest BCUT2D eigenvalue weighted by molar-refractivity contribution is -0.247. The lowest BCUT2D eigenvalue weighted by atomic mass is 9.82. The Morgan fingerprint density at radius 3 is 2.00 bits per heavy atom. The third kappa shape index (κ3) is 14.2. The van der Waals surface area contributed by atoms with Crippen molar-refractivity contribution in [2.75, 3.05) is 59.4 Å². The average Bonchev–Trinajstić information content (AvgIpc) is 2.83. The molecule has 0 aromatic carbocycles.